The molecule has 1 atom stereocenters. The molecule has 0 unspecified atom stereocenters. The molecule has 0 saturated carbocycles. The number of hydrogen-bond donors (Lipinski definition) is 1. The van der Waals surface area contributed by atoms with E-state index in [1.807, 2.05) is 58.9 Å². The molecule has 0 saturated heterocycles. The summed E-state index contributed by atoms with van der Waals surface area (Å²) in [6.07, 6.45) is 0.112. The Bertz CT molecular complexity index is 687. The van der Waals surface area contributed by atoms with Crippen molar-refractivity contribution in [1.82, 2.24) is 0 Å². The molecule has 1 amide bonds. The maximum atomic E-state index is 12.5. The average Bonchev–Trinajstić information content (AvgIpc) is 2.45. The second-order valence-corrected chi connectivity index (χ2v) is 6.15. The predicted octanol–water partition coefficient (Wildman–Crippen LogP) is 4.72. The van der Waals surface area contributed by atoms with Gasteiger partial charge in [-0.15, -0.1) is 0 Å². The molecule has 0 fully saturated rings. The summed E-state index contributed by atoms with van der Waals surface area (Å²) in [7, 11) is 0. The lowest BCUT2D eigenvalue weighted by atomic mass is 10.1. The molecule has 3 heteroatoms. The first kappa shape index (κ1) is 17.1. The van der Waals surface area contributed by atoms with Crippen LogP contribution in [0, 0.1) is 27.7 Å². The van der Waals surface area contributed by atoms with Crippen molar-refractivity contribution in [2.45, 2.75) is 47.1 Å². The van der Waals surface area contributed by atoms with Crippen LogP contribution in [0.25, 0.3) is 0 Å². The molecule has 2 aromatic rings. The van der Waals surface area contributed by atoms with Gasteiger partial charge in [0.05, 0.1) is 0 Å². The Kier molecular flexibility index (Phi) is 5.43. The van der Waals surface area contributed by atoms with Gasteiger partial charge in [-0.3, -0.25) is 4.79 Å². The fourth-order valence-corrected chi connectivity index (χ4v) is 2.68. The minimum absolute atomic E-state index is 0.113. The zero-order valence-corrected chi connectivity index (χ0v) is 14.6. The molecule has 0 aliphatic heterocycles. The fraction of sp³-hybridized carbons (Fsp3) is 0.350. The molecule has 0 aromatic heterocycles. The van der Waals surface area contributed by atoms with Crippen LogP contribution in [0.4, 0.5) is 5.69 Å². The third-order valence-corrected chi connectivity index (χ3v) is 3.75. The van der Waals surface area contributed by atoms with Crippen molar-refractivity contribution in [2.24, 2.45) is 0 Å². The van der Waals surface area contributed by atoms with E-state index in [0.29, 0.717) is 6.42 Å². The van der Waals surface area contributed by atoms with Gasteiger partial charge >= 0.3 is 0 Å². The van der Waals surface area contributed by atoms with Crippen molar-refractivity contribution in [3.8, 4) is 5.75 Å². The molecule has 0 spiro atoms. The second-order valence-electron chi connectivity index (χ2n) is 6.15. The van der Waals surface area contributed by atoms with Crippen LogP contribution in [0.15, 0.2) is 36.4 Å². The highest BCUT2D eigenvalue weighted by atomic mass is 16.5. The van der Waals surface area contributed by atoms with Crippen LogP contribution in [-0.2, 0) is 4.79 Å². The van der Waals surface area contributed by atoms with Gasteiger partial charge in [-0.05, 0) is 69.0 Å². The van der Waals surface area contributed by atoms with Crippen molar-refractivity contribution >= 4 is 11.6 Å². The van der Waals surface area contributed by atoms with Crippen LogP contribution in [0.2, 0.25) is 0 Å². The van der Waals surface area contributed by atoms with E-state index in [1.54, 1.807) is 0 Å². The number of anilines is 1. The number of benzene rings is 2. The Morgan fingerprint density at radius 3 is 2.22 bits per heavy atom. The van der Waals surface area contributed by atoms with Crippen molar-refractivity contribution < 1.29 is 9.53 Å². The van der Waals surface area contributed by atoms with Crippen molar-refractivity contribution in [1.29, 1.82) is 0 Å². The third kappa shape index (κ3) is 4.59. The van der Waals surface area contributed by atoms with E-state index in [9.17, 15) is 4.79 Å². The molecule has 3 nitrogen and oxygen atoms in total. The normalized spacial score (nSPS) is 11.9. The smallest absolute Gasteiger partial charge is 0.265 e. The van der Waals surface area contributed by atoms with Crippen LogP contribution >= 0.6 is 0 Å². The summed E-state index contributed by atoms with van der Waals surface area (Å²) in [5.41, 5.74) is 5.30. The Hall–Kier alpha value is -2.29. The largest absolute Gasteiger partial charge is 0.480 e. The van der Waals surface area contributed by atoms with Crippen LogP contribution in [-0.4, -0.2) is 12.0 Å². The molecule has 23 heavy (non-hydrogen) atoms. The number of rotatable bonds is 5. The molecule has 2 aromatic carbocycles. The monoisotopic (exact) mass is 311 g/mol. The van der Waals surface area contributed by atoms with Crippen molar-refractivity contribution in [2.75, 3.05) is 5.32 Å². The SMILES string of the molecule is CC[C@@H](Oc1ccc(C)cc1C)C(=O)Nc1cc(C)cc(C)c1. The minimum atomic E-state index is -0.503. The fourth-order valence-electron chi connectivity index (χ4n) is 2.68. The zero-order chi connectivity index (χ0) is 17.0. The van der Waals surface area contributed by atoms with Crippen molar-refractivity contribution in [3.05, 3.63) is 58.7 Å². The molecular weight excluding hydrogens is 286 g/mol. The second kappa shape index (κ2) is 7.32. The van der Waals surface area contributed by atoms with Crippen LogP contribution in [0.1, 0.15) is 35.6 Å². The van der Waals surface area contributed by atoms with Crippen LogP contribution < -0.4 is 10.1 Å². The van der Waals surface area contributed by atoms with Gasteiger partial charge in [0.15, 0.2) is 6.10 Å². The van der Waals surface area contributed by atoms with Gasteiger partial charge in [-0.1, -0.05) is 30.7 Å². The topological polar surface area (TPSA) is 38.3 Å². The highest BCUT2D eigenvalue weighted by Crippen LogP contribution is 2.22. The van der Waals surface area contributed by atoms with E-state index in [2.05, 4.69) is 17.4 Å². The molecule has 122 valence electrons. The third-order valence-electron chi connectivity index (χ3n) is 3.75. The lowest BCUT2D eigenvalue weighted by Crippen LogP contribution is -2.32. The van der Waals surface area contributed by atoms with Gasteiger partial charge in [0, 0.05) is 5.69 Å². The number of ether oxygens (including phenoxy) is 1. The number of carbonyl (C=O) groups is 1. The minimum Gasteiger partial charge on any atom is -0.480 e. The van der Waals surface area contributed by atoms with Gasteiger partial charge in [-0.25, -0.2) is 0 Å². The molecule has 0 heterocycles. The molecular formula is C20H25NO2. The van der Waals surface area contributed by atoms with E-state index in [-0.39, 0.29) is 5.91 Å². The summed E-state index contributed by atoms with van der Waals surface area (Å²) >= 11 is 0. The molecule has 0 aliphatic carbocycles. The molecule has 1 N–H and O–H groups in total. The summed E-state index contributed by atoms with van der Waals surface area (Å²) in [6.45, 7) is 10.0. The van der Waals surface area contributed by atoms with Crippen LogP contribution in [0.5, 0.6) is 5.75 Å². The number of carbonyl (C=O) groups excluding carboxylic acids is 1. The molecule has 0 aliphatic rings. The highest BCUT2D eigenvalue weighted by molar-refractivity contribution is 5.94. The average molecular weight is 311 g/mol. The molecule has 2 rings (SSSR count). The summed E-state index contributed by atoms with van der Waals surface area (Å²) < 4.78 is 5.93. The van der Waals surface area contributed by atoms with Gasteiger partial charge in [0.2, 0.25) is 0 Å². The number of amides is 1. The van der Waals surface area contributed by atoms with E-state index >= 15 is 0 Å². The van der Waals surface area contributed by atoms with Crippen LogP contribution in [0.3, 0.4) is 0 Å². The maximum absolute atomic E-state index is 12.5. The van der Waals surface area contributed by atoms with Gasteiger partial charge in [0.1, 0.15) is 5.75 Å². The van der Waals surface area contributed by atoms with E-state index in [1.165, 1.54) is 5.56 Å². The predicted molar refractivity (Wildman–Crippen MR) is 95.2 cm³/mol. The standard InChI is InChI=1S/C20H25NO2/c1-6-18(23-19-8-7-13(2)10-16(19)5)20(22)21-17-11-14(3)9-15(4)12-17/h7-12,18H,6H2,1-5H3,(H,21,22)/t18-/m1/s1. The summed E-state index contributed by atoms with van der Waals surface area (Å²) in [6, 6.07) is 12.0. The van der Waals surface area contributed by atoms with E-state index in [0.717, 1.165) is 28.1 Å². The lowest BCUT2D eigenvalue weighted by Gasteiger charge is -2.19. The Labute approximate surface area is 138 Å². The van der Waals surface area contributed by atoms with Gasteiger partial charge in [-0.2, -0.15) is 0 Å². The van der Waals surface area contributed by atoms with Gasteiger partial charge < -0.3 is 10.1 Å². The first-order valence-corrected chi connectivity index (χ1v) is 8.02. The Balaban J connectivity index is 2.12. The first-order chi connectivity index (χ1) is 10.9. The van der Waals surface area contributed by atoms with E-state index in [4.69, 9.17) is 4.74 Å². The first-order valence-electron chi connectivity index (χ1n) is 8.02. The summed E-state index contributed by atoms with van der Waals surface area (Å²) in [4.78, 5) is 12.5. The van der Waals surface area contributed by atoms with Crippen molar-refractivity contribution in [3.63, 3.8) is 0 Å². The quantitative estimate of drug-likeness (QED) is 0.868. The van der Waals surface area contributed by atoms with E-state index < -0.39 is 6.10 Å². The number of nitrogens with one attached hydrogen (secondary N) is 1. The molecule has 0 bridgehead atoms. The summed E-state index contributed by atoms with van der Waals surface area (Å²) in [5.74, 6) is 0.649. The summed E-state index contributed by atoms with van der Waals surface area (Å²) in [5, 5.41) is 2.96. The Morgan fingerprint density at radius 1 is 1.00 bits per heavy atom. The van der Waals surface area contributed by atoms with Gasteiger partial charge in [0.25, 0.3) is 5.91 Å². The number of aryl methyl sites for hydroxylation is 4. The highest BCUT2D eigenvalue weighted by Gasteiger charge is 2.19. The maximum Gasteiger partial charge on any atom is 0.265 e. The Morgan fingerprint density at radius 2 is 1.65 bits per heavy atom. The zero-order valence-electron chi connectivity index (χ0n) is 14.6. The number of hydrogen-bond acceptors (Lipinski definition) is 2. The lowest BCUT2D eigenvalue weighted by molar-refractivity contribution is -0.122. The molecule has 0 radical (unpaired) electrons.